The number of anilines is 1. The van der Waals surface area contributed by atoms with Gasteiger partial charge in [0, 0.05) is 12.1 Å². The van der Waals surface area contributed by atoms with E-state index < -0.39 is 12.2 Å². The van der Waals surface area contributed by atoms with E-state index in [0.717, 1.165) is 0 Å². The molecule has 1 unspecified atom stereocenters. The summed E-state index contributed by atoms with van der Waals surface area (Å²) in [5.74, 6) is 0.491. The van der Waals surface area contributed by atoms with Crippen LogP contribution in [0.1, 0.15) is 27.7 Å². The lowest BCUT2D eigenvalue weighted by molar-refractivity contribution is 0.100. The maximum absolute atomic E-state index is 11.5. The summed E-state index contributed by atoms with van der Waals surface area (Å²) in [5, 5.41) is 15.7. The number of hydrogen-bond donors (Lipinski definition) is 3. The van der Waals surface area contributed by atoms with E-state index in [4.69, 9.17) is 9.47 Å². The smallest absolute Gasteiger partial charge is 0.411 e. The lowest BCUT2D eigenvalue weighted by Crippen LogP contribution is -2.42. The summed E-state index contributed by atoms with van der Waals surface area (Å²) < 4.78 is 10.4. The van der Waals surface area contributed by atoms with Crippen LogP contribution in [-0.2, 0) is 4.74 Å². The van der Waals surface area contributed by atoms with Crippen molar-refractivity contribution in [2.75, 3.05) is 25.1 Å². The number of ether oxygens (including phenoxy) is 2. The summed E-state index contributed by atoms with van der Waals surface area (Å²) in [6.07, 6.45) is -1.18. The Morgan fingerprint density at radius 1 is 1.30 bits per heavy atom. The number of halogens is 1. The Morgan fingerprint density at radius 2 is 1.96 bits per heavy atom. The third-order valence-electron chi connectivity index (χ3n) is 2.70. The molecule has 0 saturated heterocycles. The van der Waals surface area contributed by atoms with Gasteiger partial charge >= 0.3 is 6.09 Å². The number of amides is 1. The predicted octanol–water partition coefficient (Wildman–Crippen LogP) is 2.80. The number of hydrogen-bond acceptors (Lipinski definition) is 5. The molecule has 132 valence electrons. The molecule has 23 heavy (non-hydrogen) atoms. The fourth-order valence-electron chi connectivity index (χ4n) is 1.64. The first-order valence-corrected chi connectivity index (χ1v) is 7.40. The molecule has 0 aliphatic heterocycles. The van der Waals surface area contributed by atoms with E-state index >= 15 is 0 Å². The second-order valence-electron chi connectivity index (χ2n) is 5.94. The number of nitrogens with one attached hydrogen (secondary N) is 2. The van der Waals surface area contributed by atoms with Gasteiger partial charge in [0.2, 0.25) is 0 Å². The molecule has 0 aromatic heterocycles. The van der Waals surface area contributed by atoms with Gasteiger partial charge in [-0.1, -0.05) is 12.1 Å². The predicted molar refractivity (Wildman–Crippen MR) is 93.6 cm³/mol. The molecule has 7 heteroatoms. The summed E-state index contributed by atoms with van der Waals surface area (Å²) in [7, 11) is 0. The van der Waals surface area contributed by atoms with Crippen LogP contribution in [0.5, 0.6) is 5.75 Å². The summed E-state index contributed by atoms with van der Waals surface area (Å²) in [6.45, 7) is 8.67. The van der Waals surface area contributed by atoms with Crippen LogP contribution in [0.15, 0.2) is 24.3 Å². The van der Waals surface area contributed by atoms with Crippen LogP contribution in [0.3, 0.4) is 0 Å². The van der Waals surface area contributed by atoms with E-state index in [1.54, 1.807) is 31.2 Å². The number of carbonyl (C=O) groups excluding carboxylic acids is 1. The molecule has 0 spiro atoms. The summed E-state index contributed by atoms with van der Waals surface area (Å²) in [6, 6.07) is 7.02. The average Bonchev–Trinajstić information content (AvgIpc) is 2.43. The standard InChI is InChI=1S/C16H26N2O4.ClH/c1-5-21-15(20)18-13-8-6-7-9-14(13)22-11-12(19)10-17-16(2,3)4;/h6-9,12,17,19H,5,10-11H2,1-4H3,(H,18,20);1H. The van der Waals surface area contributed by atoms with Crippen molar-refractivity contribution >= 4 is 24.2 Å². The number of carbonyl (C=O) groups is 1. The van der Waals surface area contributed by atoms with Crippen LogP contribution < -0.4 is 15.4 Å². The lowest BCUT2D eigenvalue weighted by atomic mass is 10.1. The highest BCUT2D eigenvalue weighted by molar-refractivity contribution is 5.86. The summed E-state index contributed by atoms with van der Waals surface area (Å²) >= 11 is 0. The van der Waals surface area contributed by atoms with Gasteiger partial charge in [-0.2, -0.15) is 0 Å². The highest BCUT2D eigenvalue weighted by Crippen LogP contribution is 2.24. The average molecular weight is 347 g/mol. The largest absolute Gasteiger partial charge is 0.489 e. The Bertz CT molecular complexity index is 477. The Balaban J connectivity index is 0.00000484. The fourth-order valence-corrected chi connectivity index (χ4v) is 1.64. The second-order valence-corrected chi connectivity index (χ2v) is 5.94. The molecule has 0 bridgehead atoms. The van der Waals surface area contributed by atoms with Crippen molar-refractivity contribution in [2.24, 2.45) is 0 Å². The van der Waals surface area contributed by atoms with Crippen LogP contribution in [0.2, 0.25) is 0 Å². The highest BCUT2D eigenvalue weighted by Gasteiger charge is 2.14. The Hall–Kier alpha value is -1.50. The topological polar surface area (TPSA) is 79.8 Å². The maximum Gasteiger partial charge on any atom is 0.411 e. The number of benzene rings is 1. The zero-order valence-corrected chi connectivity index (χ0v) is 14.9. The molecule has 0 heterocycles. The third-order valence-corrected chi connectivity index (χ3v) is 2.70. The third kappa shape index (κ3) is 9.28. The maximum atomic E-state index is 11.5. The zero-order valence-electron chi connectivity index (χ0n) is 14.1. The first-order valence-electron chi connectivity index (χ1n) is 7.40. The van der Waals surface area contributed by atoms with Crippen molar-refractivity contribution in [3.05, 3.63) is 24.3 Å². The SMILES string of the molecule is CCOC(=O)Nc1ccccc1OCC(O)CNC(C)(C)C.Cl. The Kier molecular flexibility index (Phi) is 9.64. The van der Waals surface area contributed by atoms with Crippen molar-refractivity contribution in [3.63, 3.8) is 0 Å². The van der Waals surface area contributed by atoms with E-state index in [9.17, 15) is 9.90 Å². The van der Waals surface area contributed by atoms with Crippen LogP contribution in [-0.4, -0.2) is 42.6 Å². The number of rotatable bonds is 7. The minimum absolute atomic E-state index is 0. The lowest BCUT2D eigenvalue weighted by Gasteiger charge is -2.23. The van der Waals surface area contributed by atoms with E-state index in [0.29, 0.717) is 24.6 Å². The minimum Gasteiger partial charge on any atom is -0.489 e. The van der Waals surface area contributed by atoms with Crippen molar-refractivity contribution in [1.29, 1.82) is 0 Å². The van der Waals surface area contributed by atoms with Crippen LogP contribution in [0.4, 0.5) is 10.5 Å². The molecule has 1 amide bonds. The van der Waals surface area contributed by atoms with Crippen molar-refractivity contribution < 1.29 is 19.4 Å². The minimum atomic E-state index is -0.644. The molecule has 0 radical (unpaired) electrons. The molecule has 1 rings (SSSR count). The van der Waals surface area contributed by atoms with Crippen molar-refractivity contribution in [1.82, 2.24) is 5.32 Å². The van der Waals surface area contributed by atoms with Gasteiger partial charge in [0.1, 0.15) is 18.5 Å². The Labute approximate surface area is 144 Å². The van der Waals surface area contributed by atoms with Crippen molar-refractivity contribution in [3.8, 4) is 5.75 Å². The quantitative estimate of drug-likeness (QED) is 0.707. The molecule has 0 aliphatic carbocycles. The van der Waals surface area contributed by atoms with Crippen LogP contribution in [0, 0.1) is 0 Å². The number of aliphatic hydroxyl groups excluding tert-OH is 1. The van der Waals surface area contributed by atoms with Gasteiger partial charge in [0.05, 0.1) is 12.3 Å². The van der Waals surface area contributed by atoms with Crippen LogP contribution in [0.25, 0.3) is 0 Å². The van der Waals surface area contributed by atoms with Gasteiger partial charge in [0.25, 0.3) is 0 Å². The zero-order chi connectivity index (χ0) is 16.6. The second kappa shape index (κ2) is 10.3. The van der Waals surface area contributed by atoms with E-state index in [-0.39, 0.29) is 24.6 Å². The number of β-amino-alcohol motifs (C(OH)–C–C–N with tert-alkyl or cyclic N) is 1. The molecule has 0 aliphatic rings. The normalized spacial score (nSPS) is 12.0. The van der Waals surface area contributed by atoms with Gasteiger partial charge in [-0.05, 0) is 39.8 Å². The summed E-state index contributed by atoms with van der Waals surface area (Å²) in [5.41, 5.74) is 0.446. The number of aliphatic hydroxyl groups is 1. The van der Waals surface area contributed by atoms with E-state index in [1.807, 2.05) is 20.8 Å². The van der Waals surface area contributed by atoms with Gasteiger partial charge in [-0.25, -0.2) is 4.79 Å². The monoisotopic (exact) mass is 346 g/mol. The molecule has 0 fully saturated rings. The van der Waals surface area contributed by atoms with Crippen molar-refractivity contribution in [2.45, 2.75) is 39.3 Å². The summed E-state index contributed by atoms with van der Waals surface area (Å²) in [4.78, 5) is 11.5. The molecule has 1 aromatic rings. The molecule has 0 saturated carbocycles. The first kappa shape index (κ1) is 21.5. The van der Waals surface area contributed by atoms with Gasteiger partial charge in [-0.15, -0.1) is 12.4 Å². The van der Waals surface area contributed by atoms with E-state index in [1.165, 1.54) is 0 Å². The molecule has 3 N–H and O–H groups in total. The van der Waals surface area contributed by atoms with E-state index in [2.05, 4.69) is 10.6 Å². The first-order chi connectivity index (χ1) is 10.3. The van der Waals surface area contributed by atoms with Gasteiger partial charge in [0.15, 0.2) is 0 Å². The molecular weight excluding hydrogens is 320 g/mol. The van der Waals surface area contributed by atoms with Gasteiger partial charge in [-0.3, -0.25) is 5.32 Å². The van der Waals surface area contributed by atoms with Gasteiger partial charge < -0.3 is 19.9 Å². The Morgan fingerprint density at radius 3 is 2.57 bits per heavy atom. The fraction of sp³-hybridized carbons (Fsp3) is 0.562. The van der Waals surface area contributed by atoms with Crippen LogP contribution >= 0.6 is 12.4 Å². The molecule has 6 nitrogen and oxygen atoms in total. The highest BCUT2D eigenvalue weighted by atomic mass is 35.5. The molecule has 1 atom stereocenters. The number of para-hydroxylation sites is 2. The molecule has 1 aromatic carbocycles. The molecular formula is C16H27ClN2O4.